The standard InChI is InChI=1S/C19H25NO6S/c1-19(8-2-3-9-19)26-17(21)14-25-18(22)15-4-6-16(7-5-15)20-10-12-27(23,24)13-11-20/h4-7H,2-3,8-14H2,1H3. The first-order valence-corrected chi connectivity index (χ1v) is 11.0. The molecule has 148 valence electrons. The third kappa shape index (κ3) is 5.22. The molecule has 1 aliphatic heterocycles. The van der Waals surface area contributed by atoms with Crippen molar-refractivity contribution >= 4 is 27.5 Å². The van der Waals surface area contributed by atoms with E-state index in [4.69, 9.17) is 9.47 Å². The van der Waals surface area contributed by atoms with Crippen LogP contribution in [0.25, 0.3) is 0 Å². The summed E-state index contributed by atoms with van der Waals surface area (Å²) in [5, 5.41) is 0. The van der Waals surface area contributed by atoms with Gasteiger partial charge in [0.2, 0.25) is 0 Å². The average Bonchev–Trinajstić information content (AvgIpc) is 3.06. The topological polar surface area (TPSA) is 90.0 Å². The third-order valence-electron chi connectivity index (χ3n) is 5.16. The lowest BCUT2D eigenvalue weighted by molar-refractivity contribution is -0.161. The monoisotopic (exact) mass is 395 g/mol. The molecular formula is C19H25NO6S. The van der Waals surface area contributed by atoms with Gasteiger partial charge >= 0.3 is 11.9 Å². The Balaban J connectivity index is 1.49. The summed E-state index contributed by atoms with van der Waals surface area (Å²) in [7, 11) is -2.93. The van der Waals surface area contributed by atoms with E-state index in [9.17, 15) is 18.0 Å². The van der Waals surface area contributed by atoms with Gasteiger partial charge in [-0.15, -0.1) is 0 Å². The number of sulfone groups is 1. The molecule has 1 aliphatic carbocycles. The molecule has 0 amide bonds. The van der Waals surface area contributed by atoms with E-state index in [1.165, 1.54) is 0 Å². The number of carbonyl (C=O) groups excluding carboxylic acids is 2. The van der Waals surface area contributed by atoms with E-state index in [0.29, 0.717) is 18.7 Å². The van der Waals surface area contributed by atoms with E-state index in [0.717, 1.165) is 31.4 Å². The van der Waals surface area contributed by atoms with Crippen LogP contribution in [-0.4, -0.2) is 57.2 Å². The van der Waals surface area contributed by atoms with Gasteiger partial charge in [0.25, 0.3) is 0 Å². The quantitative estimate of drug-likeness (QED) is 0.704. The minimum absolute atomic E-state index is 0.137. The second kappa shape index (κ2) is 7.88. The van der Waals surface area contributed by atoms with Crippen LogP contribution in [0.3, 0.4) is 0 Å². The fourth-order valence-corrected chi connectivity index (χ4v) is 4.72. The van der Waals surface area contributed by atoms with Crippen molar-refractivity contribution in [2.75, 3.05) is 36.1 Å². The second-order valence-corrected chi connectivity index (χ2v) is 9.70. The molecular weight excluding hydrogens is 370 g/mol. The maximum Gasteiger partial charge on any atom is 0.344 e. The number of ether oxygens (including phenoxy) is 2. The Morgan fingerprint density at radius 1 is 1.07 bits per heavy atom. The zero-order valence-electron chi connectivity index (χ0n) is 15.5. The molecule has 1 heterocycles. The zero-order chi connectivity index (χ0) is 19.5. The number of hydrogen-bond donors (Lipinski definition) is 0. The Hall–Kier alpha value is -2.09. The van der Waals surface area contributed by atoms with Crippen LogP contribution >= 0.6 is 0 Å². The molecule has 3 rings (SSSR count). The first-order valence-electron chi connectivity index (χ1n) is 9.21. The van der Waals surface area contributed by atoms with Crippen LogP contribution in [0.5, 0.6) is 0 Å². The summed E-state index contributed by atoms with van der Waals surface area (Å²) in [6.07, 6.45) is 3.76. The van der Waals surface area contributed by atoms with Crippen LogP contribution < -0.4 is 4.90 Å². The second-order valence-electron chi connectivity index (χ2n) is 7.39. The zero-order valence-corrected chi connectivity index (χ0v) is 16.3. The fraction of sp³-hybridized carbons (Fsp3) is 0.579. The molecule has 0 aromatic heterocycles. The Kier molecular flexibility index (Phi) is 5.74. The smallest absolute Gasteiger partial charge is 0.344 e. The Labute approximate surface area is 159 Å². The van der Waals surface area contributed by atoms with Gasteiger partial charge < -0.3 is 14.4 Å². The number of carbonyl (C=O) groups is 2. The van der Waals surface area contributed by atoms with E-state index in [2.05, 4.69) is 0 Å². The molecule has 1 saturated carbocycles. The first-order chi connectivity index (χ1) is 12.8. The van der Waals surface area contributed by atoms with Gasteiger partial charge in [0.05, 0.1) is 17.1 Å². The molecule has 7 nitrogen and oxygen atoms in total. The van der Waals surface area contributed by atoms with Gasteiger partial charge in [0.1, 0.15) is 5.60 Å². The van der Waals surface area contributed by atoms with Crippen LogP contribution in [0.4, 0.5) is 5.69 Å². The van der Waals surface area contributed by atoms with Crippen LogP contribution in [0.1, 0.15) is 43.0 Å². The van der Waals surface area contributed by atoms with Gasteiger partial charge in [-0.2, -0.15) is 0 Å². The molecule has 2 aliphatic rings. The number of esters is 2. The van der Waals surface area contributed by atoms with Crippen LogP contribution in [0.2, 0.25) is 0 Å². The van der Waals surface area contributed by atoms with Crippen molar-refractivity contribution < 1.29 is 27.5 Å². The number of benzene rings is 1. The van der Waals surface area contributed by atoms with Crippen molar-refractivity contribution in [2.45, 2.75) is 38.2 Å². The molecule has 1 saturated heterocycles. The van der Waals surface area contributed by atoms with Gasteiger partial charge in [0.15, 0.2) is 16.4 Å². The number of rotatable bonds is 5. The first kappa shape index (κ1) is 19.7. The highest BCUT2D eigenvalue weighted by atomic mass is 32.2. The highest BCUT2D eigenvalue weighted by molar-refractivity contribution is 7.91. The van der Waals surface area contributed by atoms with Crippen molar-refractivity contribution in [1.82, 2.24) is 0 Å². The largest absolute Gasteiger partial charge is 0.457 e. The molecule has 1 aromatic carbocycles. The Morgan fingerprint density at radius 2 is 1.67 bits per heavy atom. The van der Waals surface area contributed by atoms with E-state index < -0.39 is 34.0 Å². The lowest BCUT2D eigenvalue weighted by Gasteiger charge is -2.28. The van der Waals surface area contributed by atoms with Gasteiger partial charge in [0, 0.05) is 18.8 Å². The molecule has 0 atom stereocenters. The molecule has 0 unspecified atom stereocenters. The molecule has 2 fully saturated rings. The molecule has 0 spiro atoms. The minimum atomic E-state index is -2.93. The van der Waals surface area contributed by atoms with Crippen LogP contribution in [0.15, 0.2) is 24.3 Å². The van der Waals surface area contributed by atoms with Crippen molar-refractivity contribution in [3.8, 4) is 0 Å². The molecule has 0 bridgehead atoms. The maximum absolute atomic E-state index is 12.1. The van der Waals surface area contributed by atoms with E-state index in [-0.39, 0.29) is 11.5 Å². The number of hydrogen-bond acceptors (Lipinski definition) is 7. The van der Waals surface area contributed by atoms with Gasteiger partial charge in [-0.25, -0.2) is 18.0 Å². The van der Waals surface area contributed by atoms with Gasteiger partial charge in [-0.3, -0.25) is 0 Å². The van der Waals surface area contributed by atoms with E-state index in [1.807, 2.05) is 11.8 Å². The molecule has 0 N–H and O–H groups in total. The lowest BCUT2D eigenvalue weighted by atomic mass is 10.1. The van der Waals surface area contributed by atoms with E-state index in [1.54, 1.807) is 24.3 Å². The summed E-state index contributed by atoms with van der Waals surface area (Å²) in [6.45, 7) is 2.39. The number of anilines is 1. The molecule has 27 heavy (non-hydrogen) atoms. The lowest BCUT2D eigenvalue weighted by Crippen LogP contribution is -2.40. The predicted molar refractivity (Wildman–Crippen MR) is 101 cm³/mol. The summed E-state index contributed by atoms with van der Waals surface area (Å²) in [5.74, 6) is -0.842. The third-order valence-corrected chi connectivity index (χ3v) is 6.76. The predicted octanol–water partition coefficient (Wildman–Crippen LogP) is 1.95. The van der Waals surface area contributed by atoms with Crippen molar-refractivity contribution in [3.05, 3.63) is 29.8 Å². The fourth-order valence-electron chi connectivity index (χ4n) is 3.52. The molecule has 1 aromatic rings. The minimum Gasteiger partial charge on any atom is -0.457 e. The van der Waals surface area contributed by atoms with Crippen molar-refractivity contribution in [3.63, 3.8) is 0 Å². The Morgan fingerprint density at radius 3 is 2.26 bits per heavy atom. The maximum atomic E-state index is 12.1. The highest BCUT2D eigenvalue weighted by Crippen LogP contribution is 2.32. The summed E-state index contributed by atoms with van der Waals surface area (Å²) in [6, 6.07) is 6.74. The summed E-state index contributed by atoms with van der Waals surface area (Å²) in [4.78, 5) is 26.0. The van der Waals surface area contributed by atoms with E-state index >= 15 is 0 Å². The molecule has 8 heteroatoms. The average molecular weight is 395 g/mol. The SMILES string of the molecule is CC1(OC(=O)COC(=O)c2ccc(N3CCS(=O)(=O)CC3)cc2)CCCC1. The highest BCUT2D eigenvalue weighted by Gasteiger charge is 2.32. The summed E-state index contributed by atoms with van der Waals surface area (Å²) in [5.41, 5.74) is 0.755. The van der Waals surface area contributed by atoms with Gasteiger partial charge in [-0.05, 0) is 56.9 Å². The van der Waals surface area contributed by atoms with Crippen LogP contribution in [0, 0.1) is 0 Å². The molecule has 0 radical (unpaired) electrons. The van der Waals surface area contributed by atoms with Gasteiger partial charge in [-0.1, -0.05) is 0 Å². The van der Waals surface area contributed by atoms with Crippen LogP contribution in [-0.2, 0) is 24.1 Å². The van der Waals surface area contributed by atoms with Crippen molar-refractivity contribution in [1.29, 1.82) is 0 Å². The number of nitrogens with zero attached hydrogens (tertiary/aromatic N) is 1. The van der Waals surface area contributed by atoms with Crippen molar-refractivity contribution in [2.24, 2.45) is 0 Å². The normalized spacial score (nSPS) is 20.9. The summed E-state index contributed by atoms with van der Waals surface area (Å²) < 4.78 is 33.5. The summed E-state index contributed by atoms with van der Waals surface area (Å²) >= 11 is 0. The Bertz CT molecular complexity index is 782.